The second-order valence-electron chi connectivity index (χ2n) is 5.34. The molecule has 25 heavy (non-hydrogen) atoms. The number of hydrogen-bond donors (Lipinski definition) is 0. The van der Waals surface area contributed by atoms with E-state index in [9.17, 15) is 13.6 Å². The molecule has 1 aromatic carbocycles. The van der Waals surface area contributed by atoms with Gasteiger partial charge in [-0.3, -0.25) is 0 Å². The molecule has 134 valence electrons. The fraction of sp³-hybridized carbons (Fsp3) is 0.400. The molecule has 10 heteroatoms. The molecule has 0 saturated heterocycles. The van der Waals surface area contributed by atoms with Crippen LogP contribution >= 0.6 is 34.7 Å². The van der Waals surface area contributed by atoms with E-state index >= 15 is 0 Å². The second kappa shape index (κ2) is 7.43. The quantitative estimate of drug-likeness (QED) is 0.433. The third-order valence-electron chi connectivity index (χ3n) is 3.56. The summed E-state index contributed by atoms with van der Waals surface area (Å²) in [6.45, 7) is 0.523. The minimum absolute atomic E-state index is 0.0785. The van der Waals surface area contributed by atoms with E-state index in [0.29, 0.717) is 10.1 Å². The lowest BCUT2D eigenvalue weighted by Gasteiger charge is -2.02. The Labute approximate surface area is 155 Å². The van der Waals surface area contributed by atoms with Gasteiger partial charge in [-0.2, -0.15) is 13.5 Å². The Hall–Kier alpha value is -1.45. The van der Waals surface area contributed by atoms with Crippen molar-refractivity contribution < 1.29 is 8.78 Å². The molecule has 0 unspecified atom stereocenters. The number of halogens is 3. The van der Waals surface area contributed by atoms with Crippen molar-refractivity contribution in [2.45, 2.75) is 37.6 Å². The molecule has 0 amide bonds. The van der Waals surface area contributed by atoms with Crippen LogP contribution in [0.1, 0.15) is 32.1 Å². The summed E-state index contributed by atoms with van der Waals surface area (Å²) < 4.78 is 29.0. The molecule has 2 aromatic heterocycles. The summed E-state index contributed by atoms with van der Waals surface area (Å²) in [6.07, 6.45) is 2.22. The van der Waals surface area contributed by atoms with Gasteiger partial charge in [0.05, 0.1) is 20.9 Å². The number of rotatable bonds is 6. The van der Waals surface area contributed by atoms with E-state index in [1.54, 1.807) is 23.9 Å². The van der Waals surface area contributed by atoms with Gasteiger partial charge in [0, 0.05) is 5.75 Å². The highest BCUT2D eigenvalue weighted by Gasteiger charge is 2.20. The first-order valence-electron chi connectivity index (χ1n) is 7.62. The van der Waals surface area contributed by atoms with Gasteiger partial charge in [0.25, 0.3) is 0 Å². The van der Waals surface area contributed by atoms with Gasteiger partial charge in [0.1, 0.15) is 5.82 Å². The van der Waals surface area contributed by atoms with Crippen molar-refractivity contribution in [3.63, 3.8) is 0 Å². The molecule has 0 aliphatic carbocycles. The number of fused-ring (bicyclic) bond motifs is 1. The molecule has 2 heterocycles. The summed E-state index contributed by atoms with van der Waals surface area (Å²) in [7, 11) is 0. The van der Waals surface area contributed by atoms with Gasteiger partial charge in [-0.05, 0) is 25.5 Å². The van der Waals surface area contributed by atoms with Gasteiger partial charge in [-0.1, -0.05) is 36.7 Å². The maximum Gasteiger partial charge on any atom is 0.355 e. The average molecular weight is 405 g/mol. The number of benzene rings is 1. The molecule has 0 aliphatic rings. The molecule has 5 nitrogen and oxygen atoms in total. The van der Waals surface area contributed by atoms with E-state index < -0.39 is 12.2 Å². The van der Waals surface area contributed by atoms with Crippen LogP contribution in [0.2, 0.25) is 5.02 Å². The number of thiazole rings is 1. The number of thioether (sulfide) groups is 1. The highest BCUT2D eigenvalue weighted by molar-refractivity contribution is 8.01. The molecule has 0 atom stereocenters. The Kier molecular flexibility index (Phi) is 5.45. The van der Waals surface area contributed by atoms with Gasteiger partial charge in [0.2, 0.25) is 0 Å². The Balaban J connectivity index is 2.04. The standard InChI is InChI=1S/C15H15ClF2N4OS2/c1-3-4-5-24-14-19-10-7-11(9(16)6-12(10)25-14)22-15(23)21(13(17)18)8(2)20-22/h6-7,13H,3-5H2,1-2H3. The number of aryl methyl sites for hydroxylation is 1. The molecule has 3 rings (SSSR count). The summed E-state index contributed by atoms with van der Waals surface area (Å²) in [5.41, 5.74) is -0.0156. The van der Waals surface area contributed by atoms with Crippen LogP contribution in [0.5, 0.6) is 0 Å². The number of unbranched alkanes of at least 4 members (excludes halogenated alkanes) is 1. The lowest BCUT2D eigenvalue weighted by atomic mass is 10.3. The average Bonchev–Trinajstić information content (AvgIpc) is 3.06. The predicted molar refractivity (Wildman–Crippen MR) is 97.6 cm³/mol. The van der Waals surface area contributed by atoms with Gasteiger partial charge in [0.15, 0.2) is 4.34 Å². The first kappa shape index (κ1) is 18.3. The lowest BCUT2D eigenvalue weighted by molar-refractivity contribution is 0.0640. The minimum Gasteiger partial charge on any atom is -0.245 e. The summed E-state index contributed by atoms with van der Waals surface area (Å²) >= 11 is 9.45. The van der Waals surface area contributed by atoms with E-state index in [4.69, 9.17) is 11.6 Å². The van der Waals surface area contributed by atoms with Crippen LogP contribution in [-0.4, -0.2) is 25.1 Å². The minimum atomic E-state index is -2.95. The van der Waals surface area contributed by atoms with Gasteiger partial charge in [-0.25, -0.2) is 14.3 Å². The van der Waals surface area contributed by atoms with E-state index in [2.05, 4.69) is 17.0 Å². The van der Waals surface area contributed by atoms with Gasteiger partial charge in [-0.15, -0.1) is 16.4 Å². The Bertz CT molecular complexity index is 966. The zero-order chi connectivity index (χ0) is 18.1. The summed E-state index contributed by atoms with van der Waals surface area (Å²) in [5.74, 6) is 0.902. The molecule has 0 spiro atoms. The zero-order valence-electron chi connectivity index (χ0n) is 13.5. The molecule has 0 fully saturated rings. The van der Waals surface area contributed by atoms with Crippen LogP contribution in [-0.2, 0) is 0 Å². The molecule has 0 aliphatic heterocycles. The molecule has 0 radical (unpaired) electrons. The van der Waals surface area contributed by atoms with Crippen LogP contribution in [0.4, 0.5) is 8.78 Å². The van der Waals surface area contributed by atoms with E-state index in [1.807, 2.05) is 0 Å². The zero-order valence-corrected chi connectivity index (χ0v) is 15.9. The van der Waals surface area contributed by atoms with Crippen molar-refractivity contribution >= 4 is 44.9 Å². The number of aromatic nitrogens is 4. The normalized spacial score (nSPS) is 11.8. The van der Waals surface area contributed by atoms with Crippen LogP contribution in [0, 0.1) is 6.92 Å². The number of nitrogens with zero attached hydrogens (tertiary/aromatic N) is 4. The summed E-state index contributed by atoms with van der Waals surface area (Å²) in [6, 6.07) is 3.30. The number of alkyl halides is 2. The topological polar surface area (TPSA) is 52.7 Å². The maximum atomic E-state index is 13.0. The van der Waals surface area contributed by atoms with Crippen molar-refractivity contribution in [2.75, 3.05) is 5.75 Å². The van der Waals surface area contributed by atoms with Gasteiger partial charge < -0.3 is 0 Å². The highest BCUT2D eigenvalue weighted by atomic mass is 35.5. The first-order chi connectivity index (χ1) is 11.9. The number of hydrogen-bond acceptors (Lipinski definition) is 5. The Morgan fingerprint density at radius 1 is 1.40 bits per heavy atom. The summed E-state index contributed by atoms with van der Waals surface area (Å²) in [4.78, 5) is 16.7. The van der Waals surface area contributed by atoms with Crippen LogP contribution < -0.4 is 5.69 Å². The van der Waals surface area contributed by atoms with Crippen LogP contribution in [0.15, 0.2) is 21.3 Å². The maximum absolute atomic E-state index is 13.0. The van der Waals surface area contributed by atoms with Crippen molar-refractivity contribution in [3.05, 3.63) is 33.5 Å². The molecular weight excluding hydrogens is 390 g/mol. The lowest BCUT2D eigenvalue weighted by Crippen LogP contribution is -2.24. The highest BCUT2D eigenvalue weighted by Crippen LogP contribution is 2.34. The predicted octanol–water partition coefficient (Wildman–Crippen LogP) is 4.89. The monoisotopic (exact) mass is 404 g/mol. The third-order valence-corrected chi connectivity index (χ3v) is 6.11. The SMILES string of the molecule is CCCCSc1nc2cc(-n3nc(C)n(C(F)F)c3=O)c(Cl)cc2s1. The summed E-state index contributed by atoms with van der Waals surface area (Å²) in [5, 5.41) is 4.18. The largest absolute Gasteiger partial charge is 0.355 e. The fourth-order valence-corrected chi connectivity index (χ4v) is 4.85. The van der Waals surface area contributed by atoms with Crippen LogP contribution in [0.3, 0.4) is 0 Å². The van der Waals surface area contributed by atoms with Crippen molar-refractivity contribution in [1.82, 2.24) is 19.3 Å². The van der Waals surface area contributed by atoms with Crippen LogP contribution in [0.25, 0.3) is 15.9 Å². The second-order valence-corrected chi connectivity index (χ2v) is 8.12. The Morgan fingerprint density at radius 2 is 2.16 bits per heavy atom. The Morgan fingerprint density at radius 3 is 2.80 bits per heavy atom. The van der Waals surface area contributed by atoms with Crippen molar-refractivity contribution in [2.24, 2.45) is 0 Å². The van der Waals surface area contributed by atoms with Crippen molar-refractivity contribution in [1.29, 1.82) is 0 Å². The van der Waals surface area contributed by atoms with Crippen molar-refractivity contribution in [3.8, 4) is 5.69 Å². The molecular formula is C15H15ClF2N4OS2. The third kappa shape index (κ3) is 3.58. The first-order valence-corrected chi connectivity index (χ1v) is 9.80. The molecule has 0 bridgehead atoms. The van der Waals surface area contributed by atoms with E-state index in [0.717, 1.165) is 32.3 Å². The van der Waals surface area contributed by atoms with E-state index in [1.165, 1.54) is 18.3 Å². The molecule has 0 N–H and O–H groups in total. The smallest absolute Gasteiger partial charge is 0.245 e. The van der Waals surface area contributed by atoms with E-state index in [-0.39, 0.29) is 16.5 Å². The molecule has 3 aromatic rings. The fourth-order valence-electron chi connectivity index (χ4n) is 2.30. The molecule has 0 saturated carbocycles. The van der Waals surface area contributed by atoms with Gasteiger partial charge >= 0.3 is 12.2 Å².